The molecule has 1 N–H and O–H groups in total. The van der Waals surface area contributed by atoms with Crippen LogP contribution in [0.2, 0.25) is 0 Å². The molecule has 6 heteroatoms. The minimum absolute atomic E-state index is 0.158. The van der Waals surface area contributed by atoms with Crippen molar-refractivity contribution in [3.8, 4) is 0 Å². The van der Waals surface area contributed by atoms with Crippen LogP contribution in [-0.2, 0) is 6.54 Å². The van der Waals surface area contributed by atoms with Gasteiger partial charge in [-0.25, -0.2) is 4.68 Å². The van der Waals surface area contributed by atoms with Crippen LogP contribution in [0.25, 0.3) is 10.8 Å². The first kappa shape index (κ1) is 20.6. The van der Waals surface area contributed by atoms with Crippen LogP contribution in [0.4, 0.5) is 11.4 Å². The number of rotatable bonds is 8. The number of fused-ring (bicyclic) bond motifs is 1. The van der Waals surface area contributed by atoms with Crippen molar-refractivity contribution < 1.29 is 4.79 Å². The van der Waals surface area contributed by atoms with E-state index in [1.54, 1.807) is 12.1 Å². The molecule has 0 unspecified atom stereocenters. The normalized spacial score (nSPS) is 10.9. The predicted molar refractivity (Wildman–Crippen MR) is 119 cm³/mol. The van der Waals surface area contributed by atoms with Gasteiger partial charge in [-0.05, 0) is 50.6 Å². The van der Waals surface area contributed by atoms with Crippen LogP contribution in [0.1, 0.15) is 44.1 Å². The molecule has 0 aliphatic heterocycles. The van der Waals surface area contributed by atoms with Crippen LogP contribution in [0.3, 0.4) is 0 Å². The predicted octanol–water partition coefficient (Wildman–Crippen LogP) is 4.30. The van der Waals surface area contributed by atoms with Gasteiger partial charge < -0.3 is 10.2 Å². The van der Waals surface area contributed by atoms with E-state index >= 15 is 0 Å². The van der Waals surface area contributed by atoms with Gasteiger partial charge in [-0.1, -0.05) is 31.5 Å². The fourth-order valence-electron chi connectivity index (χ4n) is 3.40. The molecular formula is C23H28N4O2. The van der Waals surface area contributed by atoms with Gasteiger partial charge in [0, 0.05) is 36.4 Å². The van der Waals surface area contributed by atoms with E-state index in [2.05, 4.69) is 36.1 Å². The van der Waals surface area contributed by atoms with Gasteiger partial charge >= 0.3 is 0 Å². The van der Waals surface area contributed by atoms with E-state index < -0.39 is 0 Å². The van der Waals surface area contributed by atoms with Gasteiger partial charge in [-0.3, -0.25) is 9.59 Å². The molecule has 0 fully saturated rings. The molecule has 0 spiro atoms. The van der Waals surface area contributed by atoms with Crippen LogP contribution < -0.4 is 15.8 Å². The number of nitrogens with one attached hydrogen (secondary N) is 1. The fourth-order valence-corrected chi connectivity index (χ4v) is 3.40. The highest BCUT2D eigenvalue weighted by Gasteiger charge is 2.17. The Kier molecular flexibility index (Phi) is 6.65. The molecule has 1 aromatic heterocycles. The summed E-state index contributed by atoms with van der Waals surface area (Å²) >= 11 is 0. The number of anilines is 2. The van der Waals surface area contributed by atoms with Gasteiger partial charge in [0.2, 0.25) is 0 Å². The number of aromatic nitrogens is 2. The Bertz CT molecular complexity index is 1040. The second-order valence-corrected chi connectivity index (χ2v) is 6.95. The Morgan fingerprint density at radius 1 is 1.00 bits per heavy atom. The second-order valence-electron chi connectivity index (χ2n) is 6.95. The van der Waals surface area contributed by atoms with Gasteiger partial charge in [-0.2, -0.15) is 5.10 Å². The van der Waals surface area contributed by atoms with Crippen molar-refractivity contribution in [1.82, 2.24) is 9.78 Å². The number of carbonyl (C=O) groups excluding carboxylic acids is 1. The highest BCUT2D eigenvalue weighted by molar-refractivity contribution is 6.11. The lowest BCUT2D eigenvalue weighted by molar-refractivity contribution is 0.102. The topological polar surface area (TPSA) is 67.2 Å². The Hall–Kier alpha value is -3.15. The van der Waals surface area contributed by atoms with E-state index in [-0.39, 0.29) is 17.2 Å². The van der Waals surface area contributed by atoms with E-state index in [0.29, 0.717) is 23.0 Å². The van der Waals surface area contributed by atoms with Gasteiger partial charge in [0.25, 0.3) is 11.5 Å². The monoisotopic (exact) mass is 392 g/mol. The number of unbranched alkanes of at least 4 members (excludes halogenated alkanes) is 1. The van der Waals surface area contributed by atoms with Crippen molar-refractivity contribution in [3.05, 3.63) is 64.6 Å². The van der Waals surface area contributed by atoms with Gasteiger partial charge in [0.1, 0.15) is 0 Å². The molecule has 29 heavy (non-hydrogen) atoms. The van der Waals surface area contributed by atoms with E-state index in [9.17, 15) is 9.59 Å². The van der Waals surface area contributed by atoms with Crippen LogP contribution in [-0.4, -0.2) is 28.8 Å². The fraction of sp³-hybridized carbons (Fsp3) is 0.348. The van der Waals surface area contributed by atoms with Crippen molar-refractivity contribution in [2.75, 3.05) is 23.3 Å². The molecule has 152 valence electrons. The lowest BCUT2D eigenvalue weighted by Crippen LogP contribution is -2.27. The van der Waals surface area contributed by atoms with E-state index in [0.717, 1.165) is 31.6 Å². The SMILES string of the molecule is CCCCn1nc(C(=O)Nc2ccc(N(CC)CC)cc2)c2ccccc2c1=O. The molecule has 3 rings (SSSR count). The van der Waals surface area contributed by atoms with Crippen molar-refractivity contribution in [2.45, 2.75) is 40.2 Å². The third kappa shape index (κ3) is 4.47. The van der Waals surface area contributed by atoms with E-state index in [1.165, 1.54) is 4.68 Å². The Balaban J connectivity index is 1.92. The average molecular weight is 393 g/mol. The summed E-state index contributed by atoms with van der Waals surface area (Å²) in [5, 5.41) is 8.40. The number of hydrogen-bond acceptors (Lipinski definition) is 4. The van der Waals surface area contributed by atoms with Crippen LogP contribution in [0.5, 0.6) is 0 Å². The van der Waals surface area contributed by atoms with Crippen molar-refractivity contribution in [3.63, 3.8) is 0 Å². The average Bonchev–Trinajstić information content (AvgIpc) is 2.75. The summed E-state index contributed by atoms with van der Waals surface area (Å²) in [6.45, 7) is 8.64. The van der Waals surface area contributed by atoms with E-state index in [1.807, 2.05) is 36.4 Å². The summed E-state index contributed by atoms with van der Waals surface area (Å²) in [7, 11) is 0. The smallest absolute Gasteiger partial charge is 0.276 e. The lowest BCUT2D eigenvalue weighted by Gasteiger charge is -2.21. The Labute approximate surface area is 171 Å². The van der Waals surface area contributed by atoms with Gasteiger partial charge in [-0.15, -0.1) is 0 Å². The number of carbonyl (C=O) groups is 1. The van der Waals surface area contributed by atoms with Crippen molar-refractivity contribution in [2.24, 2.45) is 0 Å². The van der Waals surface area contributed by atoms with E-state index in [4.69, 9.17) is 0 Å². The standard InChI is InChI=1S/C23H28N4O2/c1-4-7-16-27-23(29)20-11-9-8-10-19(20)21(25-27)22(28)24-17-12-14-18(15-13-17)26(5-2)6-3/h8-15H,4-7,16H2,1-3H3,(H,24,28). The second kappa shape index (κ2) is 9.37. The number of nitrogens with zero attached hydrogens (tertiary/aromatic N) is 3. The zero-order valence-corrected chi connectivity index (χ0v) is 17.3. The minimum Gasteiger partial charge on any atom is -0.372 e. The summed E-state index contributed by atoms with van der Waals surface area (Å²) < 4.78 is 1.41. The van der Waals surface area contributed by atoms with Crippen LogP contribution in [0.15, 0.2) is 53.3 Å². The molecule has 0 atom stereocenters. The molecule has 0 saturated carbocycles. The number of benzene rings is 2. The third-order valence-electron chi connectivity index (χ3n) is 5.06. The maximum Gasteiger partial charge on any atom is 0.276 e. The summed E-state index contributed by atoms with van der Waals surface area (Å²) in [6, 6.07) is 14.9. The summed E-state index contributed by atoms with van der Waals surface area (Å²) in [4.78, 5) is 27.9. The first-order chi connectivity index (χ1) is 14.1. The molecule has 0 aliphatic rings. The Morgan fingerprint density at radius 3 is 2.28 bits per heavy atom. The maximum absolute atomic E-state index is 13.0. The van der Waals surface area contributed by atoms with Crippen molar-refractivity contribution >= 4 is 28.1 Å². The molecule has 1 heterocycles. The molecule has 3 aromatic rings. The molecule has 0 aliphatic carbocycles. The quantitative estimate of drug-likeness (QED) is 0.621. The summed E-state index contributed by atoms with van der Waals surface area (Å²) in [5.41, 5.74) is 1.92. The van der Waals surface area contributed by atoms with Gasteiger partial charge in [0.05, 0.1) is 5.39 Å². The number of aryl methyl sites for hydroxylation is 1. The highest BCUT2D eigenvalue weighted by atomic mass is 16.2. The van der Waals surface area contributed by atoms with Crippen molar-refractivity contribution in [1.29, 1.82) is 0 Å². The molecule has 0 saturated heterocycles. The lowest BCUT2D eigenvalue weighted by atomic mass is 10.1. The zero-order chi connectivity index (χ0) is 20.8. The van der Waals surface area contributed by atoms with Crippen LogP contribution in [0, 0.1) is 0 Å². The van der Waals surface area contributed by atoms with Gasteiger partial charge in [0.15, 0.2) is 5.69 Å². The summed E-state index contributed by atoms with van der Waals surface area (Å²) in [5.74, 6) is -0.318. The molecule has 1 amide bonds. The first-order valence-electron chi connectivity index (χ1n) is 10.2. The molecular weight excluding hydrogens is 364 g/mol. The molecule has 0 bridgehead atoms. The first-order valence-corrected chi connectivity index (χ1v) is 10.2. The van der Waals surface area contributed by atoms with Crippen LogP contribution >= 0.6 is 0 Å². The zero-order valence-electron chi connectivity index (χ0n) is 17.3. The maximum atomic E-state index is 13.0. The molecule has 6 nitrogen and oxygen atoms in total. The summed E-state index contributed by atoms with van der Waals surface area (Å²) in [6.07, 6.45) is 1.78. The molecule has 2 aromatic carbocycles. The largest absolute Gasteiger partial charge is 0.372 e. The molecule has 0 radical (unpaired) electrons. The minimum atomic E-state index is -0.318. The Morgan fingerprint density at radius 2 is 1.66 bits per heavy atom. The highest BCUT2D eigenvalue weighted by Crippen LogP contribution is 2.19. The third-order valence-corrected chi connectivity index (χ3v) is 5.06. The number of hydrogen-bond donors (Lipinski definition) is 1. The number of amides is 1.